The summed E-state index contributed by atoms with van der Waals surface area (Å²) in [5.41, 5.74) is 8.36. The lowest BCUT2D eigenvalue weighted by Crippen LogP contribution is -2.44. The normalized spacial score (nSPS) is 13.1. The Morgan fingerprint density at radius 2 is 1.67 bits per heavy atom. The third-order valence-corrected chi connectivity index (χ3v) is 5.49. The number of hydrogen-bond donors (Lipinski definition) is 3. The van der Waals surface area contributed by atoms with Crippen LogP contribution in [0.2, 0.25) is 10.0 Å². The molecular formula is C22H27Cl2N3O3. The molecule has 2 aromatic rings. The summed E-state index contributed by atoms with van der Waals surface area (Å²) in [6, 6.07) is 11.0. The van der Waals surface area contributed by atoms with Crippen LogP contribution < -0.4 is 11.1 Å². The van der Waals surface area contributed by atoms with Gasteiger partial charge in [-0.15, -0.1) is 0 Å². The molecule has 0 aliphatic carbocycles. The van der Waals surface area contributed by atoms with Crippen molar-refractivity contribution in [1.82, 2.24) is 10.2 Å². The molecule has 0 fully saturated rings. The van der Waals surface area contributed by atoms with Gasteiger partial charge in [-0.3, -0.25) is 9.59 Å². The molecule has 0 spiro atoms. The van der Waals surface area contributed by atoms with E-state index in [4.69, 9.17) is 28.9 Å². The van der Waals surface area contributed by atoms with Gasteiger partial charge in [0.25, 0.3) is 0 Å². The average molecular weight is 452 g/mol. The van der Waals surface area contributed by atoms with Gasteiger partial charge in [0.2, 0.25) is 11.8 Å². The van der Waals surface area contributed by atoms with E-state index in [0.717, 1.165) is 5.56 Å². The number of nitrogens with two attached hydrogens (primary N) is 1. The second-order valence-electron chi connectivity index (χ2n) is 7.40. The standard InChI is InChI=1S/C22H27Cl2N3O3/c1-13(2)27(12-20(29)17-8-9-18(23)19(24)10-17)22(30)21(25)16-6-4-15(5-7-16)11-26-14(3)28/h4-10,13,20-21,29H,11-12,25H2,1-3H3,(H,26,28). The SMILES string of the molecule is CC(=O)NCc1ccc(C(N)C(=O)N(CC(O)c2ccc(Cl)c(Cl)c2)C(C)C)cc1. The van der Waals surface area contributed by atoms with E-state index in [1.165, 1.54) is 6.92 Å². The van der Waals surface area contributed by atoms with E-state index >= 15 is 0 Å². The molecule has 0 aromatic heterocycles. The molecule has 162 valence electrons. The number of rotatable bonds is 8. The molecule has 0 saturated carbocycles. The highest BCUT2D eigenvalue weighted by atomic mass is 35.5. The van der Waals surface area contributed by atoms with Crippen molar-refractivity contribution in [2.24, 2.45) is 5.73 Å². The Kier molecular flexibility index (Phi) is 8.67. The number of hydrogen-bond acceptors (Lipinski definition) is 4. The van der Waals surface area contributed by atoms with E-state index in [1.807, 2.05) is 26.0 Å². The number of aliphatic hydroxyl groups is 1. The van der Waals surface area contributed by atoms with Gasteiger partial charge >= 0.3 is 0 Å². The van der Waals surface area contributed by atoms with Crippen LogP contribution in [-0.4, -0.2) is 34.4 Å². The topological polar surface area (TPSA) is 95.7 Å². The Labute approximate surface area is 187 Å². The van der Waals surface area contributed by atoms with Gasteiger partial charge in [0.05, 0.1) is 22.7 Å². The van der Waals surface area contributed by atoms with Gasteiger partial charge in [-0.05, 0) is 42.7 Å². The minimum absolute atomic E-state index is 0.0722. The molecule has 6 nitrogen and oxygen atoms in total. The third-order valence-electron chi connectivity index (χ3n) is 4.75. The first-order chi connectivity index (χ1) is 14.1. The summed E-state index contributed by atoms with van der Waals surface area (Å²) in [4.78, 5) is 25.6. The molecule has 8 heteroatoms. The van der Waals surface area contributed by atoms with Crippen molar-refractivity contribution in [2.75, 3.05) is 6.54 Å². The molecule has 0 bridgehead atoms. The average Bonchev–Trinajstić information content (AvgIpc) is 2.71. The Morgan fingerprint density at radius 3 is 2.20 bits per heavy atom. The summed E-state index contributed by atoms with van der Waals surface area (Å²) in [6.45, 7) is 5.66. The Hall–Kier alpha value is -2.12. The maximum Gasteiger partial charge on any atom is 0.244 e. The smallest absolute Gasteiger partial charge is 0.244 e. The van der Waals surface area contributed by atoms with Crippen LogP contribution >= 0.6 is 23.2 Å². The van der Waals surface area contributed by atoms with Crippen LogP contribution in [0.25, 0.3) is 0 Å². The Morgan fingerprint density at radius 1 is 1.07 bits per heavy atom. The van der Waals surface area contributed by atoms with Crippen molar-refractivity contribution >= 4 is 35.0 Å². The summed E-state index contributed by atoms with van der Waals surface area (Å²) >= 11 is 12.0. The monoisotopic (exact) mass is 451 g/mol. The lowest BCUT2D eigenvalue weighted by atomic mass is 10.0. The number of aliphatic hydroxyl groups excluding tert-OH is 1. The summed E-state index contributed by atoms with van der Waals surface area (Å²) in [6.07, 6.45) is -0.932. The maximum absolute atomic E-state index is 13.1. The van der Waals surface area contributed by atoms with Crippen molar-refractivity contribution in [3.8, 4) is 0 Å². The van der Waals surface area contributed by atoms with E-state index in [2.05, 4.69) is 5.32 Å². The molecule has 2 rings (SSSR count). The fourth-order valence-corrected chi connectivity index (χ4v) is 3.26. The maximum atomic E-state index is 13.1. The molecule has 0 heterocycles. The molecule has 2 atom stereocenters. The van der Waals surface area contributed by atoms with Crippen LogP contribution in [0.1, 0.15) is 49.6 Å². The van der Waals surface area contributed by atoms with Crippen molar-refractivity contribution in [3.63, 3.8) is 0 Å². The number of benzene rings is 2. The van der Waals surface area contributed by atoms with Crippen LogP contribution in [0.5, 0.6) is 0 Å². The van der Waals surface area contributed by atoms with E-state index < -0.39 is 12.1 Å². The zero-order valence-corrected chi connectivity index (χ0v) is 18.7. The first-order valence-electron chi connectivity index (χ1n) is 9.62. The molecule has 0 saturated heterocycles. The number of nitrogens with one attached hydrogen (secondary N) is 1. The van der Waals surface area contributed by atoms with Crippen LogP contribution in [0, 0.1) is 0 Å². The zero-order chi connectivity index (χ0) is 22.4. The second kappa shape index (κ2) is 10.8. The van der Waals surface area contributed by atoms with Crippen LogP contribution in [0.4, 0.5) is 0 Å². The second-order valence-corrected chi connectivity index (χ2v) is 8.22. The van der Waals surface area contributed by atoms with E-state index in [9.17, 15) is 14.7 Å². The van der Waals surface area contributed by atoms with Gasteiger partial charge in [0.15, 0.2) is 0 Å². The Balaban J connectivity index is 2.11. The fourth-order valence-electron chi connectivity index (χ4n) is 2.96. The highest BCUT2D eigenvalue weighted by Gasteiger charge is 2.27. The van der Waals surface area contributed by atoms with Gasteiger partial charge in [0, 0.05) is 19.5 Å². The number of halogens is 2. The van der Waals surface area contributed by atoms with Gasteiger partial charge in [-0.25, -0.2) is 0 Å². The number of amides is 2. The molecule has 0 radical (unpaired) electrons. The lowest BCUT2D eigenvalue weighted by molar-refractivity contribution is -0.136. The minimum atomic E-state index is -0.932. The summed E-state index contributed by atoms with van der Waals surface area (Å²) in [5, 5.41) is 14.1. The molecule has 2 aromatic carbocycles. The van der Waals surface area contributed by atoms with Gasteiger partial charge in [-0.1, -0.05) is 53.5 Å². The zero-order valence-electron chi connectivity index (χ0n) is 17.2. The highest BCUT2D eigenvalue weighted by molar-refractivity contribution is 6.42. The summed E-state index contributed by atoms with van der Waals surface area (Å²) < 4.78 is 0. The molecule has 30 heavy (non-hydrogen) atoms. The molecule has 4 N–H and O–H groups in total. The van der Waals surface area contributed by atoms with Crippen LogP contribution in [-0.2, 0) is 16.1 Å². The van der Waals surface area contributed by atoms with Crippen molar-refractivity contribution < 1.29 is 14.7 Å². The number of nitrogens with zero attached hydrogens (tertiary/aromatic N) is 1. The van der Waals surface area contributed by atoms with Crippen LogP contribution in [0.3, 0.4) is 0 Å². The predicted octanol–water partition coefficient (Wildman–Crippen LogP) is 3.60. The Bertz CT molecular complexity index is 888. The minimum Gasteiger partial charge on any atom is -0.387 e. The van der Waals surface area contributed by atoms with E-state index in [0.29, 0.717) is 27.7 Å². The molecule has 0 aliphatic heterocycles. The van der Waals surface area contributed by atoms with Crippen LogP contribution in [0.15, 0.2) is 42.5 Å². The third kappa shape index (κ3) is 6.44. The quantitative estimate of drug-likeness (QED) is 0.571. The number of carbonyl (C=O) groups excluding carboxylic acids is 2. The van der Waals surface area contributed by atoms with Gasteiger partial charge < -0.3 is 21.1 Å². The molecule has 0 aliphatic rings. The summed E-state index contributed by atoms with van der Waals surface area (Å²) in [7, 11) is 0. The van der Waals surface area contributed by atoms with Crippen molar-refractivity contribution in [3.05, 3.63) is 69.2 Å². The lowest BCUT2D eigenvalue weighted by Gasteiger charge is -2.31. The molecule has 2 amide bonds. The van der Waals surface area contributed by atoms with E-state index in [-0.39, 0.29) is 24.4 Å². The predicted molar refractivity (Wildman–Crippen MR) is 119 cm³/mol. The molecule has 2 unspecified atom stereocenters. The van der Waals surface area contributed by atoms with E-state index in [1.54, 1.807) is 35.2 Å². The van der Waals surface area contributed by atoms with Crippen molar-refractivity contribution in [2.45, 2.75) is 45.5 Å². The van der Waals surface area contributed by atoms with Gasteiger partial charge in [0.1, 0.15) is 6.04 Å². The first-order valence-corrected chi connectivity index (χ1v) is 10.4. The summed E-state index contributed by atoms with van der Waals surface area (Å²) in [5.74, 6) is -0.405. The number of carbonyl (C=O) groups is 2. The fraction of sp³-hybridized carbons (Fsp3) is 0.364. The highest BCUT2D eigenvalue weighted by Crippen LogP contribution is 2.27. The first kappa shape index (κ1) is 24.2. The molecular weight excluding hydrogens is 425 g/mol. The van der Waals surface area contributed by atoms with Gasteiger partial charge in [-0.2, -0.15) is 0 Å². The largest absolute Gasteiger partial charge is 0.387 e. The van der Waals surface area contributed by atoms with Crippen molar-refractivity contribution in [1.29, 1.82) is 0 Å².